The van der Waals surface area contributed by atoms with E-state index in [9.17, 15) is 13.2 Å². The normalized spacial score (nSPS) is 11.8. The van der Waals surface area contributed by atoms with E-state index in [1.807, 2.05) is 44.9 Å². The molecular formula is C18H21F3N4OS. The number of aromatic nitrogens is 2. The van der Waals surface area contributed by atoms with Crippen molar-refractivity contribution in [1.29, 1.82) is 0 Å². The van der Waals surface area contributed by atoms with E-state index in [4.69, 9.17) is 4.74 Å². The van der Waals surface area contributed by atoms with Gasteiger partial charge in [-0.05, 0) is 44.0 Å². The molecule has 2 rings (SSSR count). The summed E-state index contributed by atoms with van der Waals surface area (Å²) >= 11 is 0.522. The summed E-state index contributed by atoms with van der Waals surface area (Å²) < 4.78 is 42.8. The van der Waals surface area contributed by atoms with E-state index in [-0.39, 0.29) is 11.0 Å². The van der Waals surface area contributed by atoms with Crippen LogP contribution in [0.15, 0.2) is 34.5 Å². The molecule has 0 aliphatic rings. The predicted molar refractivity (Wildman–Crippen MR) is 101 cm³/mol. The zero-order chi connectivity index (χ0) is 20.0. The molecule has 5 nitrogen and oxygen atoms in total. The molecule has 0 bridgehead atoms. The number of halogens is 3. The van der Waals surface area contributed by atoms with Crippen molar-refractivity contribution in [2.75, 3.05) is 19.3 Å². The van der Waals surface area contributed by atoms with Crippen molar-refractivity contribution in [1.82, 2.24) is 14.9 Å². The summed E-state index contributed by atoms with van der Waals surface area (Å²) in [5.74, 6) is -0.284. The van der Waals surface area contributed by atoms with Crippen LogP contribution in [0.1, 0.15) is 18.1 Å². The van der Waals surface area contributed by atoms with Crippen LogP contribution in [0, 0.1) is 13.8 Å². The largest absolute Gasteiger partial charge is 0.439 e. The lowest BCUT2D eigenvalue weighted by atomic mass is 10.1. The smallest absolute Gasteiger partial charge is 0.398 e. The van der Waals surface area contributed by atoms with E-state index in [0.717, 1.165) is 23.4 Å². The molecule has 0 aliphatic carbocycles. The molecule has 0 saturated carbocycles. The number of aryl methyl sites for hydroxylation is 2. The Morgan fingerprint density at radius 1 is 1.26 bits per heavy atom. The fraction of sp³-hybridized carbons (Fsp3) is 0.389. The first-order chi connectivity index (χ1) is 12.7. The van der Waals surface area contributed by atoms with Gasteiger partial charge < -0.3 is 9.64 Å². The van der Waals surface area contributed by atoms with Gasteiger partial charge in [-0.2, -0.15) is 18.2 Å². The fourth-order valence-electron chi connectivity index (χ4n) is 1.98. The predicted octanol–water partition coefficient (Wildman–Crippen LogP) is 5.15. The number of aliphatic imine (C=N–C) groups is 1. The second-order valence-electron chi connectivity index (χ2n) is 5.91. The van der Waals surface area contributed by atoms with Gasteiger partial charge in [-0.3, -0.25) is 0 Å². The van der Waals surface area contributed by atoms with Crippen LogP contribution in [0.25, 0.3) is 0 Å². The number of rotatable bonds is 7. The van der Waals surface area contributed by atoms with Crippen LogP contribution in [-0.4, -0.2) is 46.7 Å². The summed E-state index contributed by atoms with van der Waals surface area (Å²) in [4.78, 5) is 14.3. The SMILES string of the molecule is CCN(C)/C=N/c1cc(C)c(Oc2ccnc(SCC(F)(F)F)n2)cc1C. The van der Waals surface area contributed by atoms with E-state index in [1.54, 1.807) is 6.34 Å². The molecule has 0 atom stereocenters. The third-order valence-electron chi connectivity index (χ3n) is 3.57. The van der Waals surface area contributed by atoms with Gasteiger partial charge in [-0.15, -0.1) is 0 Å². The summed E-state index contributed by atoms with van der Waals surface area (Å²) in [5, 5.41) is 0.0167. The molecule has 1 heterocycles. The second-order valence-corrected chi connectivity index (χ2v) is 6.85. The van der Waals surface area contributed by atoms with Crippen molar-refractivity contribution >= 4 is 23.8 Å². The van der Waals surface area contributed by atoms with Crippen molar-refractivity contribution in [2.45, 2.75) is 32.1 Å². The average Bonchev–Trinajstić information content (AvgIpc) is 2.61. The van der Waals surface area contributed by atoms with Crippen LogP contribution in [0.2, 0.25) is 0 Å². The number of hydrogen-bond donors (Lipinski definition) is 0. The standard InChI is InChI=1S/C18H21F3N4OS/c1-5-25(4)11-23-14-8-13(3)15(9-12(14)2)26-16-6-7-22-17(24-16)27-10-18(19,20)21/h6-9,11H,5,10H2,1-4H3/b23-11+. The Morgan fingerprint density at radius 3 is 2.67 bits per heavy atom. The molecule has 1 aromatic carbocycles. The molecule has 0 fully saturated rings. The van der Waals surface area contributed by atoms with E-state index in [2.05, 4.69) is 15.0 Å². The van der Waals surface area contributed by atoms with Crippen molar-refractivity contribution < 1.29 is 17.9 Å². The topological polar surface area (TPSA) is 50.6 Å². The van der Waals surface area contributed by atoms with Crippen LogP contribution in [-0.2, 0) is 0 Å². The van der Waals surface area contributed by atoms with E-state index >= 15 is 0 Å². The van der Waals surface area contributed by atoms with Crippen molar-refractivity contribution in [3.63, 3.8) is 0 Å². The monoisotopic (exact) mass is 398 g/mol. The molecule has 1 aromatic heterocycles. The Kier molecular flexibility index (Phi) is 7.06. The maximum atomic E-state index is 12.3. The van der Waals surface area contributed by atoms with Gasteiger partial charge in [0, 0.05) is 25.9 Å². The van der Waals surface area contributed by atoms with Gasteiger partial charge in [-0.1, -0.05) is 11.8 Å². The third-order valence-corrected chi connectivity index (χ3v) is 4.50. The molecule has 146 valence electrons. The summed E-state index contributed by atoms with van der Waals surface area (Å²) in [6, 6.07) is 5.23. The quantitative estimate of drug-likeness (QED) is 0.279. The maximum Gasteiger partial charge on any atom is 0.398 e. The second kappa shape index (κ2) is 9.07. The van der Waals surface area contributed by atoms with Gasteiger partial charge in [0.05, 0.1) is 17.8 Å². The Balaban J connectivity index is 2.15. The van der Waals surface area contributed by atoms with Gasteiger partial charge in [0.15, 0.2) is 5.16 Å². The Morgan fingerprint density at radius 2 is 2.00 bits per heavy atom. The summed E-state index contributed by atoms with van der Waals surface area (Å²) in [5.41, 5.74) is 2.58. The molecule has 27 heavy (non-hydrogen) atoms. The fourth-order valence-corrected chi connectivity index (χ4v) is 2.56. The van der Waals surface area contributed by atoms with Crippen LogP contribution in [0.3, 0.4) is 0 Å². The molecular weight excluding hydrogens is 377 g/mol. The first kappa shape index (κ1) is 21.0. The molecule has 0 amide bonds. The lowest BCUT2D eigenvalue weighted by molar-refractivity contribution is -0.105. The van der Waals surface area contributed by atoms with E-state index in [1.165, 1.54) is 12.3 Å². The highest BCUT2D eigenvalue weighted by atomic mass is 32.2. The van der Waals surface area contributed by atoms with Crippen molar-refractivity contribution in [3.05, 3.63) is 35.5 Å². The van der Waals surface area contributed by atoms with Crippen LogP contribution in [0.4, 0.5) is 18.9 Å². The van der Waals surface area contributed by atoms with Gasteiger partial charge in [0.2, 0.25) is 5.88 Å². The number of thioether (sulfide) groups is 1. The molecule has 0 unspecified atom stereocenters. The van der Waals surface area contributed by atoms with Gasteiger partial charge in [0.1, 0.15) is 5.75 Å². The molecule has 0 radical (unpaired) electrons. The molecule has 0 spiro atoms. The molecule has 0 N–H and O–H groups in total. The average molecular weight is 398 g/mol. The number of hydrogen-bond acceptors (Lipinski definition) is 5. The minimum absolute atomic E-state index is 0.0167. The third kappa shape index (κ3) is 6.74. The molecule has 2 aromatic rings. The highest BCUT2D eigenvalue weighted by molar-refractivity contribution is 7.99. The minimum atomic E-state index is -4.28. The van der Waals surface area contributed by atoms with Gasteiger partial charge in [0.25, 0.3) is 0 Å². The highest BCUT2D eigenvalue weighted by Crippen LogP contribution is 2.32. The zero-order valence-corrected chi connectivity index (χ0v) is 16.4. The first-order valence-corrected chi connectivity index (χ1v) is 9.22. The lowest BCUT2D eigenvalue weighted by Crippen LogP contribution is -2.14. The molecule has 0 saturated heterocycles. The van der Waals surface area contributed by atoms with Crippen LogP contribution in [0.5, 0.6) is 11.6 Å². The van der Waals surface area contributed by atoms with Gasteiger partial charge >= 0.3 is 6.18 Å². The number of nitrogens with zero attached hydrogens (tertiary/aromatic N) is 4. The Bertz CT molecular complexity index is 812. The summed E-state index contributed by atoms with van der Waals surface area (Å²) in [6.45, 7) is 6.67. The zero-order valence-electron chi connectivity index (χ0n) is 15.5. The first-order valence-electron chi connectivity index (χ1n) is 8.24. The number of ether oxygens (including phenoxy) is 1. The summed E-state index contributed by atoms with van der Waals surface area (Å²) in [6.07, 6.45) is -1.14. The number of benzene rings is 1. The molecule has 9 heteroatoms. The van der Waals surface area contributed by atoms with Crippen molar-refractivity contribution in [3.8, 4) is 11.6 Å². The Hall–Kier alpha value is -2.29. The van der Waals surface area contributed by atoms with E-state index in [0.29, 0.717) is 17.5 Å². The van der Waals surface area contributed by atoms with Crippen LogP contribution >= 0.6 is 11.8 Å². The maximum absolute atomic E-state index is 12.3. The van der Waals surface area contributed by atoms with Crippen LogP contribution < -0.4 is 4.74 Å². The van der Waals surface area contributed by atoms with Gasteiger partial charge in [-0.25, -0.2) is 9.98 Å². The van der Waals surface area contributed by atoms with E-state index < -0.39 is 11.9 Å². The minimum Gasteiger partial charge on any atom is -0.439 e. The highest BCUT2D eigenvalue weighted by Gasteiger charge is 2.28. The number of alkyl halides is 3. The molecule has 0 aliphatic heterocycles. The van der Waals surface area contributed by atoms with Crippen molar-refractivity contribution in [2.24, 2.45) is 4.99 Å². The summed E-state index contributed by atoms with van der Waals surface area (Å²) in [7, 11) is 1.94. The Labute approximate surface area is 160 Å². The lowest BCUT2D eigenvalue weighted by Gasteiger charge is -2.12.